The Hall–Kier alpha value is -1.25. The molecule has 0 spiro atoms. The Balaban J connectivity index is 1.95. The number of rotatable bonds is 4. The van der Waals surface area contributed by atoms with Gasteiger partial charge in [0.25, 0.3) is 0 Å². The number of furan rings is 1. The maximum atomic E-state index is 5.86. The van der Waals surface area contributed by atoms with Crippen molar-refractivity contribution in [2.24, 2.45) is 0 Å². The third-order valence-electron chi connectivity index (χ3n) is 2.91. The monoisotopic (exact) mass is 249 g/mol. The van der Waals surface area contributed by atoms with Crippen LogP contribution in [0.1, 0.15) is 29.9 Å². The molecule has 0 saturated heterocycles. The Labute approximate surface area is 107 Å². The van der Waals surface area contributed by atoms with Gasteiger partial charge in [0, 0.05) is 11.1 Å². The van der Waals surface area contributed by atoms with Crippen LogP contribution in [0.5, 0.6) is 0 Å². The van der Waals surface area contributed by atoms with Gasteiger partial charge in [0.2, 0.25) is 0 Å². The molecule has 0 aliphatic carbocycles. The topological polar surface area (TPSA) is 25.2 Å². The van der Waals surface area contributed by atoms with Crippen molar-refractivity contribution in [3.05, 3.63) is 58.5 Å². The van der Waals surface area contributed by atoms with Gasteiger partial charge in [-0.1, -0.05) is 23.7 Å². The second-order valence-electron chi connectivity index (χ2n) is 4.18. The predicted molar refractivity (Wildman–Crippen MR) is 70.2 cm³/mol. The van der Waals surface area contributed by atoms with Gasteiger partial charge in [-0.05, 0) is 43.2 Å². The molecule has 0 radical (unpaired) electrons. The lowest BCUT2D eigenvalue weighted by atomic mass is 10.1. The third-order valence-corrected chi connectivity index (χ3v) is 3.16. The van der Waals surface area contributed by atoms with Crippen molar-refractivity contribution in [3.8, 4) is 0 Å². The Kier molecular flexibility index (Phi) is 3.87. The molecular formula is C14H16ClNO. The number of hydrogen-bond acceptors (Lipinski definition) is 2. The van der Waals surface area contributed by atoms with Crippen LogP contribution in [0.3, 0.4) is 0 Å². The highest BCUT2D eigenvalue weighted by molar-refractivity contribution is 6.30. The molecule has 1 N–H and O–H groups in total. The van der Waals surface area contributed by atoms with Crippen LogP contribution in [0.25, 0.3) is 0 Å². The van der Waals surface area contributed by atoms with Crippen molar-refractivity contribution >= 4 is 11.6 Å². The van der Waals surface area contributed by atoms with E-state index in [-0.39, 0.29) is 6.04 Å². The summed E-state index contributed by atoms with van der Waals surface area (Å²) in [7, 11) is 0. The molecule has 0 bridgehead atoms. The number of nitrogens with one attached hydrogen (secondary N) is 1. The first-order chi connectivity index (χ1) is 8.16. The smallest absolute Gasteiger partial charge is 0.120 e. The van der Waals surface area contributed by atoms with E-state index in [0.29, 0.717) is 0 Å². The second kappa shape index (κ2) is 5.39. The van der Waals surface area contributed by atoms with E-state index in [4.69, 9.17) is 16.0 Å². The van der Waals surface area contributed by atoms with Crippen LogP contribution in [-0.4, -0.2) is 0 Å². The molecule has 0 fully saturated rings. The van der Waals surface area contributed by atoms with Crippen LogP contribution in [-0.2, 0) is 6.54 Å². The van der Waals surface area contributed by atoms with Gasteiger partial charge < -0.3 is 9.73 Å². The average molecular weight is 250 g/mol. The number of aryl methyl sites for hydroxylation is 1. The fourth-order valence-corrected chi connectivity index (χ4v) is 1.83. The van der Waals surface area contributed by atoms with E-state index < -0.39 is 0 Å². The fraction of sp³-hybridized carbons (Fsp3) is 0.286. The van der Waals surface area contributed by atoms with Crippen LogP contribution in [0.4, 0.5) is 0 Å². The van der Waals surface area contributed by atoms with Gasteiger partial charge >= 0.3 is 0 Å². The van der Waals surface area contributed by atoms with E-state index in [2.05, 4.69) is 12.2 Å². The summed E-state index contributed by atoms with van der Waals surface area (Å²) in [5.41, 5.74) is 2.40. The molecule has 1 aromatic carbocycles. The predicted octanol–water partition coefficient (Wildman–Crippen LogP) is 4.09. The Morgan fingerprint density at radius 2 is 1.94 bits per heavy atom. The summed E-state index contributed by atoms with van der Waals surface area (Å²) in [4.78, 5) is 0. The van der Waals surface area contributed by atoms with E-state index in [1.165, 1.54) is 11.1 Å². The minimum absolute atomic E-state index is 0.275. The molecule has 0 unspecified atom stereocenters. The molecule has 0 aliphatic heterocycles. The van der Waals surface area contributed by atoms with Crippen molar-refractivity contribution in [2.45, 2.75) is 26.4 Å². The van der Waals surface area contributed by atoms with Gasteiger partial charge in [0.15, 0.2) is 0 Å². The Morgan fingerprint density at radius 3 is 2.53 bits per heavy atom. The van der Waals surface area contributed by atoms with Gasteiger partial charge in [0.1, 0.15) is 5.76 Å². The van der Waals surface area contributed by atoms with Gasteiger partial charge in [-0.3, -0.25) is 0 Å². The molecule has 1 aromatic heterocycles. The Morgan fingerprint density at radius 1 is 1.24 bits per heavy atom. The highest BCUT2D eigenvalue weighted by Gasteiger charge is 2.07. The maximum absolute atomic E-state index is 5.86. The summed E-state index contributed by atoms with van der Waals surface area (Å²) in [6.07, 6.45) is 1.72. The molecule has 90 valence electrons. The van der Waals surface area contributed by atoms with Crippen molar-refractivity contribution in [3.63, 3.8) is 0 Å². The summed E-state index contributed by atoms with van der Waals surface area (Å²) in [5, 5.41) is 4.19. The van der Waals surface area contributed by atoms with Gasteiger partial charge in [0.05, 0.1) is 12.8 Å². The summed E-state index contributed by atoms with van der Waals surface area (Å²) < 4.78 is 5.39. The van der Waals surface area contributed by atoms with Crippen LogP contribution in [0, 0.1) is 6.92 Å². The fourth-order valence-electron chi connectivity index (χ4n) is 1.70. The summed E-state index contributed by atoms with van der Waals surface area (Å²) >= 11 is 5.86. The van der Waals surface area contributed by atoms with Crippen molar-refractivity contribution in [1.82, 2.24) is 5.32 Å². The minimum atomic E-state index is 0.275. The van der Waals surface area contributed by atoms with Crippen LogP contribution in [0.2, 0.25) is 5.02 Å². The number of hydrogen-bond donors (Lipinski definition) is 1. The Bertz CT molecular complexity index is 475. The molecule has 2 rings (SSSR count). The molecule has 17 heavy (non-hydrogen) atoms. The zero-order valence-corrected chi connectivity index (χ0v) is 10.8. The number of halogens is 1. The van der Waals surface area contributed by atoms with E-state index in [0.717, 1.165) is 17.3 Å². The summed E-state index contributed by atoms with van der Waals surface area (Å²) in [5.74, 6) is 0.991. The molecule has 1 heterocycles. The van der Waals surface area contributed by atoms with E-state index in [9.17, 15) is 0 Å². The first-order valence-corrected chi connectivity index (χ1v) is 6.06. The summed E-state index contributed by atoms with van der Waals surface area (Å²) in [6, 6.07) is 10.1. The molecule has 1 atom stereocenters. The quantitative estimate of drug-likeness (QED) is 0.883. The standard InChI is InChI=1S/C14H16ClNO/c1-10-7-8-17-14(10)9-16-11(2)12-3-5-13(15)6-4-12/h3-8,11,16H,9H2,1-2H3/t11-/m0/s1. The SMILES string of the molecule is Cc1ccoc1CN[C@@H](C)c1ccc(Cl)cc1. The van der Waals surface area contributed by atoms with Crippen LogP contribution in [0.15, 0.2) is 41.0 Å². The first-order valence-electron chi connectivity index (χ1n) is 5.68. The average Bonchev–Trinajstić information content (AvgIpc) is 2.73. The summed E-state index contributed by atoms with van der Waals surface area (Å²) in [6.45, 7) is 4.91. The number of benzene rings is 1. The molecule has 0 aliphatic rings. The van der Waals surface area contributed by atoms with Crippen molar-refractivity contribution in [1.29, 1.82) is 0 Å². The van der Waals surface area contributed by atoms with Crippen molar-refractivity contribution in [2.75, 3.05) is 0 Å². The van der Waals surface area contributed by atoms with Gasteiger partial charge in [-0.2, -0.15) is 0 Å². The maximum Gasteiger partial charge on any atom is 0.120 e. The van der Waals surface area contributed by atoms with Crippen LogP contribution < -0.4 is 5.32 Å². The van der Waals surface area contributed by atoms with E-state index in [1.807, 2.05) is 37.3 Å². The van der Waals surface area contributed by atoms with E-state index in [1.54, 1.807) is 6.26 Å². The lowest BCUT2D eigenvalue weighted by Gasteiger charge is -2.13. The van der Waals surface area contributed by atoms with E-state index >= 15 is 0 Å². The lowest BCUT2D eigenvalue weighted by molar-refractivity contribution is 0.458. The second-order valence-corrected chi connectivity index (χ2v) is 4.62. The van der Waals surface area contributed by atoms with Gasteiger partial charge in [-0.15, -0.1) is 0 Å². The minimum Gasteiger partial charge on any atom is -0.468 e. The zero-order chi connectivity index (χ0) is 12.3. The molecule has 0 saturated carbocycles. The normalized spacial score (nSPS) is 12.6. The highest BCUT2D eigenvalue weighted by atomic mass is 35.5. The third kappa shape index (κ3) is 3.11. The first kappa shape index (κ1) is 12.2. The molecule has 0 amide bonds. The zero-order valence-electron chi connectivity index (χ0n) is 10.0. The largest absolute Gasteiger partial charge is 0.468 e. The molecule has 3 heteroatoms. The molecular weight excluding hydrogens is 234 g/mol. The molecule has 2 nitrogen and oxygen atoms in total. The van der Waals surface area contributed by atoms with Gasteiger partial charge in [-0.25, -0.2) is 0 Å². The molecule has 2 aromatic rings. The van der Waals surface area contributed by atoms with Crippen LogP contribution >= 0.6 is 11.6 Å². The highest BCUT2D eigenvalue weighted by Crippen LogP contribution is 2.17. The van der Waals surface area contributed by atoms with Crippen molar-refractivity contribution < 1.29 is 4.42 Å². The lowest BCUT2D eigenvalue weighted by Crippen LogP contribution is -2.18.